The molecule has 1 saturated carbocycles. The van der Waals surface area contributed by atoms with Crippen molar-refractivity contribution >= 4 is 33.1 Å². The molecular weight excluding hydrogens is 877 g/mol. The Labute approximate surface area is 433 Å². The summed E-state index contributed by atoms with van der Waals surface area (Å²) in [6.45, 7) is 0. The summed E-state index contributed by atoms with van der Waals surface area (Å²) in [6.07, 6.45) is 61.3. The van der Waals surface area contributed by atoms with Crippen LogP contribution >= 0.6 is 0 Å². The average Bonchev–Trinajstić information content (AvgIpc) is 3.83. The standard InChI is InChI=1S/C73H66/c1-2-7-26-52(25-6-1)68-65-45-64-63-44-55(67-56(49-21-10-4-11-22-49)31-17-32-57(67)50-23-12-5-13-24-50)41-42-58(63)59-33-18-36-62(70(59)64)71(65)69(73-61-35-16-28-51-27-15-34-60(66(51)61)72(68)73)54-30-14-29-53(43-54)48-39-37-47(38-40-48)46-19-8-3-9-20-46/h4-6,8,10-12,14-16,18-19,21-23,25-30,33-37,39-40,43-47,51,56,66,68,72H,1-3,7,9,13,17,20,24,31-32,38,41-42H2. The van der Waals surface area contributed by atoms with Gasteiger partial charge < -0.3 is 0 Å². The van der Waals surface area contributed by atoms with E-state index in [2.05, 4.69) is 188 Å². The maximum atomic E-state index is 2.77. The summed E-state index contributed by atoms with van der Waals surface area (Å²) >= 11 is 0. The van der Waals surface area contributed by atoms with E-state index in [4.69, 9.17) is 0 Å². The van der Waals surface area contributed by atoms with Crippen molar-refractivity contribution in [3.8, 4) is 0 Å². The van der Waals surface area contributed by atoms with Crippen LogP contribution in [0.15, 0.2) is 233 Å². The topological polar surface area (TPSA) is 0 Å². The van der Waals surface area contributed by atoms with Gasteiger partial charge >= 0.3 is 0 Å². The molecule has 0 nitrogen and oxygen atoms in total. The molecule has 4 aromatic rings. The van der Waals surface area contributed by atoms with E-state index in [1.165, 1.54) is 117 Å². The lowest BCUT2D eigenvalue weighted by molar-refractivity contribution is 0.422. The van der Waals surface area contributed by atoms with Crippen LogP contribution in [0.4, 0.5) is 0 Å². The Bertz CT molecular complexity index is 3520. The Balaban J connectivity index is 0.950. The fourth-order valence-electron chi connectivity index (χ4n) is 16.0. The molecule has 0 spiro atoms. The van der Waals surface area contributed by atoms with Crippen molar-refractivity contribution in [2.24, 2.45) is 29.6 Å². The number of hydrogen-bond acceptors (Lipinski definition) is 0. The highest BCUT2D eigenvalue weighted by molar-refractivity contribution is 6.20. The molecule has 7 atom stereocenters. The predicted octanol–water partition coefficient (Wildman–Crippen LogP) is 19.1. The highest BCUT2D eigenvalue weighted by Gasteiger charge is 2.52. The van der Waals surface area contributed by atoms with Gasteiger partial charge in [-0.2, -0.15) is 0 Å². The zero-order valence-electron chi connectivity index (χ0n) is 42.3. The lowest BCUT2D eigenvalue weighted by Gasteiger charge is -2.38. The van der Waals surface area contributed by atoms with Crippen molar-refractivity contribution in [2.45, 2.75) is 102 Å². The molecular formula is C73H66. The number of rotatable bonds is 7. The minimum absolute atomic E-state index is 0.216. The van der Waals surface area contributed by atoms with Crippen LogP contribution in [-0.4, -0.2) is 0 Å². The molecule has 0 heteroatoms. The third-order valence-corrected chi connectivity index (χ3v) is 19.2. The molecule has 0 aliphatic heterocycles. The first-order chi connectivity index (χ1) is 36.2. The van der Waals surface area contributed by atoms with Gasteiger partial charge in [-0.15, -0.1) is 0 Å². The third kappa shape index (κ3) is 7.13. The SMILES string of the molecule is C1=CCCC(C2=C(C3=CC4=C(CC3)c3cccc5c6c(cc4c35)C(C3=CCCCC=C3)C3C4=CC=CC5C=CC=C(C3=C6c3cccc(C6=CCC(C7C=CCCC7)C=C6)c3)C45)C(c3ccccc3)CCC2)=C1. The summed E-state index contributed by atoms with van der Waals surface area (Å²) in [5.41, 5.74) is 28.7. The summed E-state index contributed by atoms with van der Waals surface area (Å²) in [6, 6.07) is 31.5. The van der Waals surface area contributed by atoms with Gasteiger partial charge in [-0.1, -0.05) is 182 Å². The first kappa shape index (κ1) is 43.8. The predicted molar refractivity (Wildman–Crippen MR) is 307 cm³/mol. The minimum atomic E-state index is 0.216. The lowest BCUT2D eigenvalue weighted by atomic mass is 9.65. The van der Waals surface area contributed by atoms with E-state index in [0.717, 1.165) is 44.9 Å². The van der Waals surface area contributed by atoms with Crippen molar-refractivity contribution in [1.29, 1.82) is 0 Å². The molecule has 7 unspecified atom stereocenters. The zero-order valence-corrected chi connectivity index (χ0v) is 42.3. The van der Waals surface area contributed by atoms with Gasteiger partial charge in [-0.3, -0.25) is 0 Å². The van der Waals surface area contributed by atoms with Crippen molar-refractivity contribution in [1.82, 2.24) is 0 Å². The summed E-state index contributed by atoms with van der Waals surface area (Å²) in [5.74, 6) is 2.90. The van der Waals surface area contributed by atoms with Crippen LogP contribution in [0.2, 0.25) is 0 Å². The fraction of sp³-hybridized carbons (Fsp3) is 0.288. The Morgan fingerprint density at radius 2 is 1.44 bits per heavy atom. The van der Waals surface area contributed by atoms with Crippen LogP contribution in [0, 0.1) is 29.6 Å². The molecule has 0 heterocycles. The van der Waals surface area contributed by atoms with Gasteiger partial charge in [-0.05, 0) is 225 Å². The molecule has 1 fully saturated rings. The summed E-state index contributed by atoms with van der Waals surface area (Å²) in [5, 5.41) is 2.92. The maximum absolute atomic E-state index is 2.77. The highest BCUT2D eigenvalue weighted by Crippen LogP contribution is 2.65. The monoisotopic (exact) mass is 943 g/mol. The Hall–Kier alpha value is -6.76. The molecule has 0 radical (unpaired) electrons. The normalized spacial score (nSPS) is 28.5. The van der Waals surface area contributed by atoms with Gasteiger partial charge in [0.15, 0.2) is 0 Å². The van der Waals surface area contributed by atoms with Crippen molar-refractivity contribution in [2.75, 3.05) is 0 Å². The molecule has 4 aromatic carbocycles. The molecule has 11 aliphatic carbocycles. The van der Waals surface area contributed by atoms with Crippen molar-refractivity contribution in [3.63, 3.8) is 0 Å². The molecule has 0 amide bonds. The molecule has 0 saturated heterocycles. The maximum Gasteiger partial charge on any atom is 0.0199 e. The van der Waals surface area contributed by atoms with E-state index in [1.54, 1.807) is 44.6 Å². The van der Waals surface area contributed by atoms with Gasteiger partial charge in [0.25, 0.3) is 0 Å². The second-order valence-corrected chi connectivity index (χ2v) is 23.0. The van der Waals surface area contributed by atoms with E-state index < -0.39 is 0 Å². The van der Waals surface area contributed by atoms with Crippen LogP contribution in [-0.2, 0) is 0 Å². The second kappa shape index (κ2) is 18.0. The number of fused-ring (bicyclic) bond motifs is 7. The molecule has 0 bridgehead atoms. The van der Waals surface area contributed by atoms with Gasteiger partial charge in [0.1, 0.15) is 0 Å². The van der Waals surface area contributed by atoms with E-state index >= 15 is 0 Å². The number of hydrogen-bond donors (Lipinski definition) is 0. The molecule has 358 valence electrons. The van der Waals surface area contributed by atoms with Crippen molar-refractivity contribution < 1.29 is 0 Å². The third-order valence-electron chi connectivity index (χ3n) is 19.2. The summed E-state index contributed by atoms with van der Waals surface area (Å²) < 4.78 is 0. The van der Waals surface area contributed by atoms with E-state index in [1.807, 2.05) is 0 Å². The second-order valence-electron chi connectivity index (χ2n) is 23.0. The van der Waals surface area contributed by atoms with E-state index in [0.29, 0.717) is 29.6 Å². The first-order valence-electron chi connectivity index (χ1n) is 28.5. The Morgan fingerprint density at radius 1 is 0.534 bits per heavy atom. The van der Waals surface area contributed by atoms with E-state index in [9.17, 15) is 0 Å². The zero-order chi connectivity index (χ0) is 48.0. The average molecular weight is 943 g/mol. The largest absolute Gasteiger partial charge is 0.0882 e. The van der Waals surface area contributed by atoms with Gasteiger partial charge in [-0.25, -0.2) is 0 Å². The van der Waals surface area contributed by atoms with Crippen LogP contribution in [0.5, 0.6) is 0 Å². The molecule has 11 aliphatic rings. The quantitative estimate of drug-likeness (QED) is 0.162. The van der Waals surface area contributed by atoms with Gasteiger partial charge in [0.2, 0.25) is 0 Å². The van der Waals surface area contributed by atoms with Crippen molar-refractivity contribution in [3.05, 3.63) is 272 Å². The minimum Gasteiger partial charge on any atom is -0.0882 e. The van der Waals surface area contributed by atoms with Crippen LogP contribution in [0.25, 0.3) is 33.1 Å². The van der Waals surface area contributed by atoms with E-state index in [-0.39, 0.29) is 11.8 Å². The Morgan fingerprint density at radius 3 is 2.32 bits per heavy atom. The lowest BCUT2D eigenvalue weighted by Crippen LogP contribution is -2.24. The number of benzene rings is 4. The molecule has 15 rings (SSSR count). The smallest absolute Gasteiger partial charge is 0.0199 e. The first-order valence-corrected chi connectivity index (χ1v) is 28.5. The summed E-state index contributed by atoms with van der Waals surface area (Å²) in [4.78, 5) is 0. The van der Waals surface area contributed by atoms with Crippen LogP contribution in [0.1, 0.15) is 141 Å². The van der Waals surface area contributed by atoms with Crippen LogP contribution in [0.3, 0.4) is 0 Å². The fourth-order valence-corrected chi connectivity index (χ4v) is 16.0. The highest BCUT2D eigenvalue weighted by atomic mass is 14.5. The molecule has 73 heavy (non-hydrogen) atoms. The van der Waals surface area contributed by atoms with Gasteiger partial charge in [0, 0.05) is 29.6 Å². The number of allylic oxidation sites excluding steroid dienone is 29. The molecule has 0 N–H and O–H groups in total. The van der Waals surface area contributed by atoms with Gasteiger partial charge in [0.05, 0.1) is 0 Å². The Kier molecular flexibility index (Phi) is 10.8. The summed E-state index contributed by atoms with van der Waals surface area (Å²) in [7, 11) is 0. The molecule has 0 aromatic heterocycles. The van der Waals surface area contributed by atoms with Crippen LogP contribution < -0.4 is 0 Å².